The summed E-state index contributed by atoms with van der Waals surface area (Å²) in [6.45, 7) is 5.53. The Morgan fingerprint density at radius 2 is 1.87 bits per heavy atom. The molecule has 1 aliphatic heterocycles. The third kappa shape index (κ3) is 5.36. The smallest absolute Gasteiger partial charge is 0.389 e. The summed E-state index contributed by atoms with van der Waals surface area (Å²) in [6, 6.07) is 15.7. The Balaban J connectivity index is 1.27. The number of hydrogen-bond donors (Lipinski definition) is 2. The first kappa shape index (κ1) is 29.8. The maximum absolute atomic E-state index is 14.5. The minimum Gasteiger partial charge on any atom is -0.389 e. The van der Waals surface area contributed by atoms with Crippen molar-refractivity contribution in [1.29, 1.82) is 0 Å². The number of aromatic amines is 1. The van der Waals surface area contributed by atoms with E-state index >= 15 is 0 Å². The number of nitrogens with zero attached hydrogens (tertiary/aromatic N) is 6. The maximum Gasteiger partial charge on any atom is 0.439 e. The highest BCUT2D eigenvalue weighted by Crippen LogP contribution is 2.43. The molecule has 1 aliphatic carbocycles. The van der Waals surface area contributed by atoms with Crippen LogP contribution in [-0.2, 0) is 17.7 Å². The van der Waals surface area contributed by atoms with Gasteiger partial charge >= 0.3 is 5.76 Å². The molecule has 3 aromatic heterocycles. The average molecular weight is 624 g/mol. The zero-order chi connectivity index (χ0) is 32.1. The number of aryl methyl sites for hydroxylation is 1. The first-order valence-corrected chi connectivity index (χ1v) is 15.8. The highest BCUT2D eigenvalue weighted by molar-refractivity contribution is 5.93. The number of nitrogens with one attached hydrogen (secondary N) is 1. The first-order valence-electron chi connectivity index (χ1n) is 15.8. The number of fused-ring (bicyclic) bond motifs is 1. The van der Waals surface area contributed by atoms with E-state index in [9.17, 15) is 14.7 Å². The predicted molar refractivity (Wildman–Crippen MR) is 172 cm³/mol. The largest absolute Gasteiger partial charge is 0.439 e. The van der Waals surface area contributed by atoms with Crippen LogP contribution in [-0.4, -0.2) is 51.3 Å². The number of aliphatic hydroxyl groups is 1. The topological polar surface area (TPSA) is 153 Å². The highest BCUT2D eigenvalue weighted by Gasteiger charge is 2.46. The van der Waals surface area contributed by atoms with Crippen LogP contribution in [0, 0.1) is 0 Å². The molecule has 0 saturated heterocycles. The second-order valence-electron chi connectivity index (χ2n) is 13.0. The van der Waals surface area contributed by atoms with Gasteiger partial charge in [-0.1, -0.05) is 66.1 Å². The fourth-order valence-corrected chi connectivity index (χ4v) is 6.90. The molecule has 0 atom stereocenters. The van der Waals surface area contributed by atoms with E-state index in [2.05, 4.69) is 32.3 Å². The third-order valence-corrected chi connectivity index (χ3v) is 9.33. The Bertz CT molecular complexity index is 2040. The first-order chi connectivity index (χ1) is 22.2. The van der Waals surface area contributed by atoms with E-state index in [0.717, 1.165) is 28.8 Å². The molecule has 2 aromatic carbocycles. The van der Waals surface area contributed by atoms with Gasteiger partial charge in [0.1, 0.15) is 17.5 Å². The minimum atomic E-state index is -1.03. The van der Waals surface area contributed by atoms with Crippen LogP contribution in [0.5, 0.6) is 0 Å². The molecule has 1 fully saturated rings. The van der Waals surface area contributed by atoms with Gasteiger partial charge in [-0.15, -0.1) is 0 Å². The molecule has 0 radical (unpaired) electrons. The standard InChI is InChI=1S/C34H37N7O5/c1-4-8-27-26(18-21-11-12-24(22-9-6-5-7-10-22)25(17-21)29-37-32(43)45-39-29)30(42)40(31-35-20-36-41(27)31)23-13-15-34(16-14-23)19-28(38-46-34)33(2,3)44/h5-7,9-12,17,20,23,44H,4,8,13-16,18-19H2,1-3H3,(H,37,39,43). The number of hydrogen-bond acceptors (Lipinski definition) is 9. The molecule has 238 valence electrons. The maximum atomic E-state index is 14.5. The summed E-state index contributed by atoms with van der Waals surface area (Å²) in [5.74, 6) is 0.231. The number of benzene rings is 2. The summed E-state index contributed by atoms with van der Waals surface area (Å²) < 4.78 is 8.49. The van der Waals surface area contributed by atoms with Crippen molar-refractivity contribution >= 4 is 11.5 Å². The SMILES string of the molecule is CCCc1c(Cc2ccc(-c3ccccc3)c(-c3noc(=O)[nH]3)c2)c(=O)n(C2CCC3(CC2)CC(C(C)(C)O)=NO3)c2ncnn12. The van der Waals surface area contributed by atoms with Crippen LogP contribution in [0.15, 0.2) is 74.1 Å². The summed E-state index contributed by atoms with van der Waals surface area (Å²) >= 11 is 0. The van der Waals surface area contributed by atoms with Crippen LogP contribution in [0.4, 0.5) is 0 Å². The lowest BCUT2D eigenvalue weighted by molar-refractivity contribution is -0.0528. The second-order valence-corrected chi connectivity index (χ2v) is 13.0. The second kappa shape index (κ2) is 11.5. The Labute approximate surface area is 264 Å². The van der Waals surface area contributed by atoms with Gasteiger partial charge in [0, 0.05) is 30.0 Å². The van der Waals surface area contributed by atoms with Gasteiger partial charge < -0.3 is 9.94 Å². The van der Waals surface area contributed by atoms with Crippen molar-refractivity contribution in [3.05, 3.63) is 92.6 Å². The summed E-state index contributed by atoms with van der Waals surface area (Å²) in [7, 11) is 0. The van der Waals surface area contributed by atoms with E-state index in [-0.39, 0.29) is 11.6 Å². The van der Waals surface area contributed by atoms with Gasteiger partial charge in [0.2, 0.25) is 5.78 Å². The zero-order valence-electron chi connectivity index (χ0n) is 26.2. The van der Waals surface area contributed by atoms with E-state index in [0.29, 0.717) is 73.4 Å². The molecule has 1 saturated carbocycles. The van der Waals surface area contributed by atoms with Gasteiger partial charge in [-0.3, -0.25) is 18.9 Å². The van der Waals surface area contributed by atoms with Crippen LogP contribution in [0.25, 0.3) is 28.3 Å². The van der Waals surface area contributed by atoms with E-state index < -0.39 is 17.0 Å². The molecule has 1 spiro atoms. The fraction of sp³-hybridized carbons (Fsp3) is 0.412. The molecule has 12 nitrogen and oxygen atoms in total. The quantitative estimate of drug-likeness (QED) is 0.249. The zero-order valence-corrected chi connectivity index (χ0v) is 26.2. The van der Waals surface area contributed by atoms with Crippen LogP contribution in [0.1, 0.15) is 82.2 Å². The van der Waals surface area contributed by atoms with Crippen LogP contribution >= 0.6 is 0 Å². The molecule has 5 aromatic rings. The average Bonchev–Trinajstić information content (AvgIpc) is 3.81. The molecular weight excluding hydrogens is 586 g/mol. The predicted octanol–water partition coefficient (Wildman–Crippen LogP) is 4.85. The number of H-pyrrole nitrogens is 1. The summed E-state index contributed by atoms with van der Waals surface area (Å²) in [4.78, 5) is 39.6. The molecule has 2 N–H and O–H groups in total. The molecule has 46 heavy (non-hydrogen) atoms. The molecule has 2 aliphatic rings. The van der Waals surface area contributed by atoms with Gasteiger partial charge in [0.25, 0.3) is 5.56 Å². The summed E-state index contributed by atoms with van der Waals surface area (Å²) in [5, 5.41) is 23.3. The lowest BCUT2D eigenvalue weighted by atomic mass is 9.77. The fourth-order valence-electron chi connectivity index (χ4n) is 6.90. The number of rotatable bonds is 8. The normalized spacial score (nSPS) is 19.9. The van der Waals surface area contributed by atoms with Gasteiger partial charge in [-0.05, 0) is 68.7 Å². The monoisotopic (exact) mass is 623 g/mol. The van der Waals surface area contributed by atoms with Crippen molar-refractivity contribution in [1.82, 2.24) is 29.3 Å². The summed E-state index contributed by atoms with van der Waals surface area (Å²) in [6.07, 6.45) is 6.77. The van der Waals surface area contributed by atoms with Crippen LogP contribution in [0.2, 0.25) is 0 Å². The molecule has 4 heterocycles. The Hall–Kier alpha value is -4.84. The van der Waals surface area contributed by atoms with Gasteiger partial charge in [0.05, 0.1) is 11.4 Å². The Kier molecular flexibility index (Phi) is 7.47. The van der Waals surface area contributed by atoms with Crippen LogP contribution < -0.4 is 11.3 Å². The molecule has 0 bridgehead atoms. The van der Waals surface area contributed by atoms with Crippen molar-refractivity contribution in [2.45, 2.75) is 89.4 Å². The number of aromatic nitrogens is 6. The van der Waals surface area contributed by atoms with E-state index in [4.69, 9.17) is 9.36 Å². The van der Waals surface area contributed by atoms with E-state index in [1.165, 1.54) is 6.33 Å². The van der Waals surface area contributed by atoms with E-state index in [1.54, 1.807) is 13.8 Å². The number of oxime groups is 1. The van der Waals surface area contributed by atoms with E-state index in [1.807, 2.05) is 57.6 Å². The van der Waals surface area contributed by atoms with Gasteiger partial charge in [-0.2, -0.15) is 10.1 Å². The van der Waals surface area contributed by atoms with Crippen molar-refractivity contribution in [3.63, 3.8) is 0 Å². The molecule has 0 amide bonds. The molecular formula is C34H37N7O5. The molecule has 0 unspecified atom stereocenters. The van der Waals surface area contributed by atoms with Gasteiger partial charge in [0.15, 0.2) is 5.82 Å². The minimum absolute atomic E-state index is 0.0748. The van der Waals surface area contributed by atoms with Crippen molar-refractivity contribution in [2.24, 2.45) is 5.16 Å². The lowest BCUT2D eigenvalue weighted by Crippen LogP contribution is -2.41. The van der Waals surface area contributed by atoms with Crippen molar-refractivity contribution in [3.8, 4) is 22.5 Å². The Morgan fingerprint density at radius 3 is 2.54 bits per heavy atom. The van der Waals surface area contributed by atoms with Crippen molar-refractivity contribution < 1.29 is 14.5 Å². The van der Waals surface area contributed by atoms with Gasteiger partial charge in [-0.25, -0.2) is 9.31 Å². The Morgan fingerprint density at radius 1 is 1.09 bits per heavy atom. The lowest BCUT2D eigenvalue weighted by Gasteiger charge is -2.36. The molecule has 12 heteroatoms. The molecule has 7 rings (SSSR count). The third-order valence-electron chi connectivity index (χ3n) is 9.33. The van der Waals surface area contributed by atoms with Crippen LogP contribution in [0.3, 0.4) is 0 Å². The van der Waals surface area contributed by atoms with Crippen molar-refractivity contribution in [2.75, 3.05) is 0 Å². The highest BCUT2D eigenvalue weighted by atomic mass is 16.7. The summed E-state index contributed by atoms with van der Waals surface area (Å²) in [5.41, 5.74) is 4.04.